The Morgan fingerprint density at radius 3 is 3.07 bits per heavy atom. The fraction of sp³-hybridized carbons (Fsp3) is 0.222. The molecular formula is C9H9N5O. The number of hydrogen-bond donors (Lipinski definition) is 0. The molecule has 0 spiro atoms. The standard InChI is InChI=1S/C9H9N5O/c1-7(15)8-2-3-11-9(13-8)4-14-6-10-5-12-14/h2-3,5-6H,4H2,1H3. The molecule has 0 aliphatic rings. The molecule has 0 unspecified atom stereocenters. The van der Waals surface area contributed by atoms with Gasteiger partial charge in [0.05, 0.1) is 0 Å². The molecule has 0 amide bonds. The lowest BCUT2D eigenvalue weighted by molar-refractivity contribution is 0.101. The third kappa shape index (κ3) is 2.22. The summed E-state index contributed by atoms with van der Waals surface area (Å²) >= 11 is 0. The number of rotatable bonds is 3. The van der Waals surface area contributed by atoms with Crippen LogP contribution in [0.5, 0.6) is 0 Å². The molecule has 0 aromatic carbocycles. The van der Waals surface area contributed by atoms with E-state index in [1.165, 1.54) is 13.3 Å². The van der Waals surface area contributed by atoms with Crippen LogP contribution in [0.2, 0.25) is 0 Å². The normalized spacial score (nSPS) is 10.2. The number of aromatic nitrogens is 5. The molecule has 2 aromatic heterocycles. The molecule has 0 N–H and O–H groups in total. The quantitative estimate of drug-likeness (QED) is 0.671. The first-order valence-electron chi connectivity index (χ1n) is 4.41. The molecule has 0 saturated heterocycles. The lowest BCUT2D eigenvalue weighted by Gasteiger charge is -2.00. The maximum atomic E-state index is 11.1. The van der Waals surface area contributed by atoms with E-state index in [9.17, 15) is 4.79 Å². The van der Waals surface area contributed by atoms with Gasteiger partial charge < -0.3 is 0 Å². The summed E-state index contributed by atoms with van der Waals surface area (Å²) in [6.07, 6.45) is 4.58. The Hall–Kier alpha value is -2.11. The highest BCUT2D eigenvalue weighted by Crippen LogP contribution is 1.98. The molecule has 0 atom stereocenters. The van der Waals surface area contributed by atoms with Crippen molar-refractivity contribution in [3.63, 3.8) is 0 Å². The number of nitrogens with zero attached hydrogens (tertiary/aromatic N) is 5. The van der Waals surface area contributed by atoms with Crippen LogP contribution in [0.25, 0.3) is 0 Å². The van der Waals surface area contributed by atoms with Gasteiger partial charge in [0.2, 0.25) is 0 Å². The van der Waals surface area contributed by atoms with Gasteiger partial charge in [-0.1, -0.05) is 0 Å². The molecule has 0 bridgehead atoms. The Labute approximate surface area is 86.0 Å². The Kier molecular flexibility index (Phi) is 2.49. The van der Waals surface area contributed by atoms with Crippen LogP contribution < -0.4 is 0 Å². The summed E-state index contributed by atoms with van der Waals surface area (Å²) < 4.78 is 1.60. The number of Topliss-reactive ketones (excluding diaryl/α,β-unsaturated/α-hetero) is 1. The zero-order chi connectivity index (χ0) is 10.7. The van der Waals surface area contributed by atoms with Gasteiger partial charge in [0.15, 0.2) is 11.6 Å². The van der Waals surface area contributed by atoms with Crippen molar-refractivity contribution in [2.45, 2.75) is 13.5 Å². The van der Waals surface area contributed by atoms with Gasteiger partial charge in [-0.15, -0.1) is 0 Å². The van der Waals surface area contributed by atoms with Crippen LogP contribution >= 0.6 is 0 Å². The van der Waals surface area contributed by atoms with Crippen LogP contribution in [0.3, 0.4) is 0 Å². The van der Waals surface area contributed by atoms with Crippen LogP contribution in [0.4, 0.5) is 0 Å². The fourth-order valence-electron chi connectivity index (χ4n) is 1.13. The van der Waals surface area contributed by atoms with Gasteiger partial charge >= 0.3 is 0 Å². The minimum Gasteiger partial charge on any atom is -0.293 e. The molecule has 0 fully saturated rings. The zero-order valence-electron chi connectivity index (χ0n) is 8.16. The van der Waals surface area contributed by atoms with Crippen molar-refractivity contribution in [1.29, 1.82) is 0 Å². The highest BCUT2D eigenvalue weighted by Gasteiger charge is 2.04. The highest BCUT2D eigenvalue weighted by molar-refractivity contribution is 5.91. The Balaban J connectivity index is 2.22. The van der Waals surface area contributed by atoms with Crippen molar-refractivity contribution in [3.8, 4) is 0 Å². The molecule has 2 rings (SSSR count). The molecule has 2 heterocycles. The number of carbonyl (C=O) groups is 1. The lowest BCUT2D eigenvalue weighted by atomic mass is 10.3. The molecule has 76 valence electrons. The largest absolute Gasteiger partial charge is 0.293 e. The average Bonchev–Trinajstić information content (AvgIpc) is 2.71. The van der Waals surface area contributed by atoms with Gasteiger partial charge in [-0.2, -0.15) is 5.10 Å². The smallest absolute Gasteiger partial charge is 0.178 e. The monoisotopic (exact) mass is 203 g/mol. The van der Waals surface area contributed by atoms with Crippen molar-refractivity contribution in [1.82, 2.24) is 24.7 Å². The molecular weight excluding hydrogens is 194 g/mol. The molecule has 0 aliphatic heterocycles. The summed E-state index contributed by atoms with van der Waals surface area (Å²) in [6.45, 7) is 1.89. The summed E-state index contributed by atoms with van der Waals surface area (Å²) in [7, 11) is 0. The zero-order valence-corrected chi connectivity index (χ0v) is 8.16. The second kappa shape index (κ2) is 3.95. The van der Waals surface area contributed by atoms with E-state index in [0.717, 1.165) is 0 Å². The van der Waals surface area contributed by atoms with E-state index in [2.05, 4.69) is 20.1 Å². The van der Waals surface area contributed by atoms with Gasteiger partial charge in [-0.05, 0) is 6.07 Å². The maximum absolute atomic E-state index is 11.1. The lowest BCUT2D eigenvalue weighted by Crippen LogP contribution is -2.07. The Morgan fingerprint density at radius 2 is 2.40 bits per heavy atom. The summed E-state index contributed by atoms with van der Waals surface area (Å²) in [5.41, 5.74) is 0.417. The summed E-state index contributed by atoms with van der Waals surface area (Å²) in [5, 5.41) is 3.93. The maximum Gasteiger partial charge on any atom is 0.178 e. The van der Waals surface area contributed by atoms with Crippen LogP contribution in [0, 0.1) is 0 Å². The Morgan fingerprint density at radius 1 is 1.53 bits per heavy atom. The van der Waals surface area contributed by atoms with Crippen LogP contribution in [-0.4, -0.2) is 30.5 Å². The first kappa shape index (κ1) is 9.45. The highest BCUT2D eigenvalue weighted by atomic mass is 16.1. The van der Waals surface area contributed by atoms with Crippen molar-refractivity contribution in [2.75, 3.05) is 0 Å². The van der Waals surface area contributed by atoms with Crippen LogP contribution in [-0.2, 0) is 6.54 Å². The van der Waals surface area contributed by atoms with E-state index in [4.69, 9.17) is 0 Å². The van der Waals surface area contributed by atoms with Crippen molar-refractivity contribution in [2.24, 2.45) is 0 Å². The molecule has 6 heteroatoms. The van der Waals surface area contributed by atoms with E-state index in [0.29, 0.717) is 18.1 Å². The number of hydrogen-bond acceptors (Lipinski definition) is 5. The predicted octanol–water partition coefficient (Wildman–Crippen LogP) is 0.319. The SMILES string of the molecule is CC(=O)c1ccnc(Cn2cncn2)n1. The van der Waals surface area contributed by atoms with Gasteiger partial charge in [0.25, 0.3) is 0 Å². The van der Waals surface area contributed by atoms with Gasteiger partial charge in [0.1, 0.15) is 24.9 Å². The molecule has 2 aromatic rings. The van der Waals surface area contributed by atoms with E-state index < -0.39 is 0 Å². The van der Waals surface area contributed by atoms with Crippen LogP contribution in [0.1, 0.15) is 23.2 Å². The van der Waals surface area contributed by atoms with Crippen molar-refractivity contribution >= 4 is 5.78 Å². The number of carbonyl (C=O) groups excluding carboxylic acids is 1. The summed E-state index contributed by atoms with van der Waals surface area (Å²) in [4.78, 5) is 23.0. The molecule has 15 heavy (non-hydrogen) atoms. The topological polar surface area (TPSA) is 73.6 Å². The molecule has 0 saturated carbocycles. The molecule has 6 nitrogen and oxygen atoms in total. The van der Waals surface area contributed by atoms with E-state index >= 15 is 0 Å². The predicted molar refractivity (Wildman–Crippen MR) is 51.2 cm³/mol. The van der Waals surface area contributed by atoms with Gasteiger partial charge in [0, 0.05) is 13.1 Å². The summed E-state index contributed by atoms with van der Waals surface area (Å²) in [6, 6.07) is 1.59. The van der Waals surface area contributed by atoms with Gasteiger partial charge in [-0.3, -0.25) is 4.79 Å². The van der Waals surface area contributed by atoms with Crippen molar-refractivity contribution in [3.05, 3.63) is 36.4 Å². The molecule has 0 aliphatic carbocycles. The first-order valence-corrected chi connectivity index (χ1v) is 4.41. The first-order chi connectivity index (χ1) is 7.25. The average molecular weight is 203 g/mol. The second-order valence-corrected chi connectivity index (χ2v) is 3.01. The van der Waals surface area contributed by atoms with Crippen LogP contribution in [0.15, 0.2) is 24.9 Å². The van der Waals surface area contributed by atoms with E-state index in [1.54, 1.807) is 23.3 Å². The minimum atomic E-state index is -0.0720. The van der Waals surface area contributed by atoms with Crippen molar-refractivity contribution < 1.29 is 4.79 Å². The third-order valence-electron chi connectivity index (χ3n) is 1.84. The van der Waals surface area contributed by atoms with E-state index in [1.807, 2.05) is 0 Å². The second-order valence-electron chi connectivity index (χ2n) is 3.01. The third-order valence-corrected chi connectivity index (χ3v) is 1.84. The fourth-order valence-corrected chi connectivity index (χ4v) is 1.13. The van der Waals surface area contributed by atoms with E-state index in [-0.39, 0.29) is 5.78 Å². The minimum absolute atomic E-state index is 0.0720. The molecule has 0 radical (unpaired) electrons. The van der Waals surface area contributed by atoms with Gasteiger partial charge in [-0.25, -0.2) is 19.6 Å². The summed E-state index contributed by atoms with van der Waals surface area (Å²) in [5.74, 6) is 0.477. The number of ketones is 1. The Bertz CT molecular complexity index is 465.